The number of fused-ring (bicyclic) bond motifs is 2. The third-order valence-corrected chi connectivity index (χ3v) is 7.16. The van der Waals surface area contributed by atoms with Crippen molar-refractivity contribution in [2.45, 2.75) is 30.9 Å². The molecule has 3 heterocycles. The third-order valence-electron chi connectivity index (χ3n) is 7.16. The van der Waals surface area contributed by atoms with Crippen LogP contribution in [0.3, 0.4) is 0 Å². The molecule has 3 aliphatic rings. The quantitative estimate of drug-likeness (QED) is 0.749. The largest absolute Gasteiger partial charge is 0.450 e. The Morgan fingerprint density at radius 3 is 2.47 bits per heavy atom. The first kappa shape index (κ1) is 20.8. The minimum atomic E-state index is -0.591. The van der Waals surface area contributed by atoms with E-state index in [0.717, 1.165) is 24.3 Å². The zero-order valence-corrected chi connectivity index (χ0v) is 18.7. The van der Waals surface area contributed by atoms with E-state index in [-0.39, 0.29) is 12.0 Å². The molecule has 7 heteroatoms. The van der Waals surface area contributed by atoms with Crippen molar-refractivity contribution in [3.8, 4) is 0 Å². The summed E-state index contributed by atoms with van der Waals surface area (Å²) in [7, 11) is 4.26. The normalized spacial score (nSPS) is 21.7. The zero-order valence-electron chi connectivity index (χ0n) is 18.7. The molecule has 168 valence electrons. The van der Waals surface area contributed by atoms with Gasteiger partial charge in [0.1, 0.15) is 5.60 Å². The summed E-state index contributed by atoms with van der Waals surface area (Å²) in [6.07, 6.45) is 2.40. The van der Waals surface area contributed by atoms with Crippen LogP contribution in [0.2, 0.25) is 0 Å². The van der Waals surface area contributed by atoms with Gasteiger partial charge < -0.3 is 24.8 Å². The SMILES string of the molecule is CN(C)C1CCN(c2ccc(NC(=O)N3CCC4(CC3)OC(=O)c3ccccc34)cc2)C1. The highest BCUT2D eigenvalue weighted by atomic mass is 16.6. The van der Waals surface area contributed by atoms with Crippen LogP contribution in [0.1, 0.15) is 35.2 Å². The van der Waals surface area contributed by atoms with Crippen molar-refractivity contribution in [3.05, 3.63) is 59.7 Å². The van der Waals surface area contributed by atoms with Gasteiger partial charge in [-0.2, -0.15) is 0 Å². The first-order valence-electron chi connectivity index (χ1n) is 11.4. The van der Waals surface area contributed by atoms with Gasteiger partial charge in [-0.05, 0) is 50.8 Å². The highest BCUT2D eigenvalue weighted by molar-refractivity contribution is 5.95. The van der Waals surface area contributed by atoms with Crippen molar-refractivity contribution in [2.24, 2.45) is 0 Å². The summed E-state index contributed by atoms with van der Waals surface area (Å²) < 4.78 is 5.79. The van der Waals surface area contributed by atoms with Crippen molar-refractivity contribution in [1.29, 1.82) is 0 Å². The van der Waals surface area contributed by atoms with Crippen molar-refractivity contribution in [2.75, 3.05) is 50.5 Å². The molecule has 5 rings (SSSR count). The van der Waals surface area contributed by atoms with Crippen LogP contribution in [0.4, 0.5) is 16.2 Å². The van der Waals surface area contributed by atoms with Gasteiger partial charge in [0, 0.05) is 62.0 Å². The predicted molar refractivity (Wildman–Crippen MR) is 124 cm³/mol. The topological polar surface area (TPSA) is 65.1 Å². The number of carbonyl (C=O) groups excluding carboxylic acids is 2. The number of hydrogen-bond donors (Lipinski definition) is 1. The minimum absolute atomic E-state index is 0.112. The fourth-order valence-corrected chi connectivity index (χ4v) is 5.14. The summed E-state index contributed by atoms with van der Waals surface area (Å²) in [5.74, 6) is -0.256. The van der Waals surface area contributed by atoms with E-state index in [9.17, 15) is 9.59 Å². The maximum Gasteiger partial charge on any atom is 0.339 e. The number of piperidine rings is 1. The zero-order chi connectivity index (χ0) is 22.3. The number of anilines is 2. The van der Waals surface area contributed by atoms with Gasteiger partial charge in [-0.25, -0.2) is 9.59 Å². The molecule has 0 saturated carbocycles. The molecule has 1 atom stereocenters. The Balaban J connectivity index is 1.18. The number of hydrogen-bond acceptors (Lipinski definition) is 5. The van der Waals surface area contributed by atoms with Crippen molar-refractivity contribution >= 4 is 23.4 Å². The minimum Gasteiger partial charge on any atom is -0.450 e. The average molecular weight is 435 g/mol. The summed E-state index contributed by atoms with van der Waals surface area (Å²) in [6.45, 7) is 3.18. The second-order valence-electron chi connectivity index (χ2n) is 9.25. The van der Waals surface area contributed by atoms with Gasteiger partial charge in [0.2, 0.25) is 0 Å². The average Bonchev–Trinajstić information content (AvgIpc) is 3.40. The summed E-state index contributed by atoms with van der Waals surface area (Å²) in [5.41, 5.74) is 3.00. The van der Waals surface area contributed by atoms with E-state index in [1.165, 1.54) is 12.1 Å². The molecule has 2 amide bonds. The molecule has 2 aromatic carbocycles. The third kappa shape index (κ3) is 3.71. The molecule has 0 radical (unpaired) electrons. The van der Waals surface area contributed by atoms with Gasteiger partial charge in [-0.3, -0.25) is 0 Å². The molecule has 2 fully saturated rings. The van der Waals surface area contributed by atoms with E-state index in [0.29, 0.717) is 37.5 Å². The molecule has 2 saturated heterocycles. The maximum atomic E-state index is 12.8. The Kier molecular flexibility index (Phi) is 5.29. The monoisotopic (exact) mass is 434 g/mol. The van der Waals surface area contributed by atoms with Crippen LogP contribution in [0.25, 0.3) is 0 Å². The van der Waals surface area contributed by atoms with E-state index in [1.54, 1.807) is 4.90 Å². The van der Waals surface area contributed by atoms with Gasteiger partial charge in [0.05, 0.1) is 5.56 Å². The van der Waals surface area contributed by atoms with E-state index in [1.807, 2.05) is 36.4 Å². The number of esters is 1. The second kappa shape index (κ2) is 8.13. The first-order valence-corrected chi connectivity index (χ1v) is 11.4. The number of nitrogens with zero attached hydrogens (tertiary/aromatic N) is 3. The van der Waals surface area contributed by atoms with Crippen LogP contribution < -0.4 is 10.2 Å². The Morgan fingerprint density at radius 2 is 1.78 bits per heavy atom. The Morgan fingerprint density at radius 1 is 1.06 bits per heavy atom. The Labute approximate surface area is 188 Å². The Hall–Kier alpha value is -3.06. The highest BCUT2D eigenvalue weighted by Gasteiger charge is 2.47. The van der Waals surface area contributed by atoms with Crippen LogP contribution in [0.15, 0.2) is 48.5 Å². The molecule has 0 aliphatic carbocycles. The molecule has 1 unspecified atom stereocenters. The van der Waals surface area contributed by atoms with Crippen molar-refractivity contribution in [1.82, 2.24) is 9.80 Å². The van der Waals surface area contributed by atoms with Gasteiger partial charge in [-0.1, -0.05) is 18.2 Å². The van der Waals surface area contributed by atoms with Crippen molar-refractivity contribution in [3.63, 3.8) is 0 Å². The van der Waals surface area contributed by atoms with Gasteiger partial charge in [-0.15, -0.1) is 0 Å². The molecular weight excluding hydrogens is 404 g/mol. The van der Waals surface area contributed by atoms with Crippen LogP contribution in [0.5, 0.6) is 0 Å². The number of likely N-dealkylation sites (tertiary alicyclic amines) is 1. The van der Waals surface area contributed by atoms with E-state index in [2.05, 4.69) is 41.3 Å². The molecule has 3 aliphatic heterocycles. The lowest BCUT2D eigenvalue weighted by Crippen LogP contribution is -2.46. The fraction of sp³-hybridized carbons (Fsp3) is 0.440. The van der Waals surface area contributed by atoms with E-state index < -0.39 is 5.60 Å². The molecular formula is C25H30N4O3. The maximum absolute atomic E-state index is 12.8. The number of likely N-dealkylation sites (N-methyl/N-ethyl adjacent to an activating group) is 1. The lowest BCUT2D eigenvalue weighted by molar-refractivity contribution is -0.0363. The Bertz CT molecular complexity index is 1010. The van der Waals surface area contributed by atoms with Crippen LogP contribution in [0, 0.1) is 0 Å². The summed E-state index contributed by atoms with van der Waals surface area (Å²) in [4.78, 5) is 31.6. The molecule has 32 heavy (non-hydrogen) atoms. The molecule has 1 N–H and O–H groups in total. The number of amides is 2. The summed E-state index contributed by atoms with van der Waals surface area (Å²) in [5, 5.41) is 3.02. The number of carbonyl (C=O) groups is 2. The van der Waals surface area contributed by atoms with Crippen molar-refractivity contribution < 1.29 is 14.3 Å². The van der Waals surface area contributed by atoms with Crippen LogP contribution in [-0.2, 0) is 10.3 Å². The fourth-order valence-electron chi connectivity index (χ4n) is 5.14. The van der Waals surface area contributed by atoms with Gasteiger partial charge in [0.15, 0.2) is 0 Å². The molecule has 7 nitrogen and oxygen atoms in total. The smallest absolute Gasteiger partial charge is 0.339 e. The van der Waals surface area contributed by atoms with Gasteiger partial charge in [0.25, 0.3) is 0 Å². The van der Waals surface area contributed by atoms with E-state index in [4.69, 9.17) is 4.74 Å². The molecule has 0 bridgehead atoms. The number of urea groups is 1. The summed E-state index contributed by atoms with van der Waals surface area (Å²) in [6, 6.07) is 16.2. The number of nitrogens with one attached hydrogen (secondary N) is 1. The molecule has 2 aromatic rings. The lowest BCUT2D eigenvalue weighted by Gasteiger charge is -2.38. The first-order chi connectivity index (χ1) is 15.4. The van der Waals surface area contributed by atoms with Crippen LogP contribution in [-0.4, -0.2) is 68.1 Å². The second-order valence-corrected chi connectivity index (χ2v) is 9.25. The lowest BCUT2D eigenvalue weighted by atomic mass is 9.84. The number of benzene rings is 2. The molecule has 1 spiro atoms. The molecule has 0 aromatic heterocycles. The standard InChI is InChI=1S/C25H30N4O3/c1-27(2)20-11-14-29(17-20)19-9-7-18(8-10-19)26-24(31)28-15-12-25(13-16-28)22-6-4-3-5-21(22)23(30)32-25/h3-10,20H,11-17H2,1-2H3,(H,26,31). The van der Waals surface area contributed by atoms with E-state index >= 15 is 0 Å². The van der Waals surface area contributed by atoms with Gasteiger partial charge >= 0.3 is 12.0 Å². The number of ether oxygens (including phenoxy) is 1. The highest BCUT2D eigenvalue weighted by Crippen LogP contribution is 2.44. The number of rotatable bonds is 3. The predicted octanol–water partition coefficient (Wildman–Crippen LogP) is 3.52. The summed E-state index contributed by atoms with van der Waals surface area (Å²) >= 11 is 0. The van der Waals surface area contributed by atoms with Crippen LogP contribution >= 0.6 is 0 Å².